The number of ether oxygens (including phenoxy) is 1. The third-order valence-electron chi connectivity index (χ3n) is 2.47. The number of nitrogens with two attached hydrogens (primary N) is 1. The summed E-state index contributed by atoms with van der Waals surface area (Å²) in [5.74, 6) is -0.443. The van der Waals surface area contributed by atoms with E-state index in [-0.39, 0.29) is 31.3 Å². The monoisotopic (exact) mass is 250 g/mol. The van der Waals surface area contributed by atoms with E-state index in [2.05, 4.69) is 0 Å². The van der Waals surface area contributed by atoms with Crippen LogP contribution >= 0.6 is 0 Å². The van der Waals surface area contributed by atoms with Gasteiger partial charge in [-0.3, -0.25) is 9.59 Å². The molecule has 5 heteroatoms. The van der Waals surface area contributed by atoms with E-state index in [1.165, 1.54) is 4.90 Å². The average Bonchev–Trinajstić information content (AvgIpc) is 2.32. The number of benzene rings is 1. The zero-order valence-electron chi connectivity index (χ0n) is 10.7. The molecule has 0 saturated carbocycles. The van der Waals surface area contributed by atoms with Crippen molar-refractivity contribution in [3.05, 3.63) is 29.8 Å². The molecule has 0 aliphatic rings. The number of amides is 1. The molecule has 1 rings (SSSR count). The Balaban J connectivity index is 2.35. The first-order valence-corrected chi connectivity index (χ1v) is 5.70. The second-order valence-corrected chi connectivity index (χ2v) is 4.13. The van der Waals surface area contributed by atoms with Gasteiger partial charge < -0.3 is 15.4 Å². The summed E-state index contributed by atoms with van der Waals surface area (Å²) in [4.78, 5) is 24.2. The summed E-state index contributed by atoms with van der Waals surface area (Å²) in [7, 11) is 3.32. The van der Waals surface area contributed by atoms with Gasteiger partial charge in [-0.15, -0.1) is 0 Å². The van der Waals surface area contributed by atoms with Gasteiger partial charge in [0.2, 0.25) is 5.91 Å². The number of nitrogen functional groups attached to an aromatic ring is 1. The van der Waals surface area contributed by atoms with Crippen LogP contribution in [0.1, 0.15) is 12.0 Å². The molecule has 0 fully saturated rings. The third-order valence-corrected chi connectivity index (χ3v) is 2.47. The molecule has 0 heterocycles. The smallest absolute Gasteiger partial charge is 0.310 e. The van der Waals surface area contributed by atoms with Crippen molar-refractivity contribution in [3.8, 4) is 0 Å². The predicted molar refractivity (Wildman–Crippen MR) is 68.8 cm³/mol. The van der Waals surface area contributed by atoms with Crippen LogP contribution in [0.5, 0.6) is 0 Å². The number of hydrogen-bond donors (Lipinski definition) is 1. The number of anilines is 1. The van der Waals surface area contributed by atoms with Gasteiger partial charge in [0.1, 0.15) is 6.61 Å². The number of carbonyl (C=O) groups excluding carboxylic acids is 2. The molecule has 0 saturated heterocycles. The SMILES string of the molecule is CN(C)C(=O)CCOC(=O)Cc1ccccc1N. The van der Waals surface area contributed by atoms with Gasteiger partial charge in [0.05, 0.1) is 12.8 Å². The fourth-order valence-electron chi connectivity index (χ4n) is 1.38. The van der Waals surface area contributed by atoms with Crippen molar-refractivity contribution in [2.24, 2.45) is 0 Å². The molecule has 1 aromatic carbocycles. The van der Waals surface area contributed by atoms with Crippen molar-refractivity contribution in [1.29, 1.82) is 0 Å². The molecule has 1 aromatic rings. The topological polar surface area (TPSA) is 72.6 Å². The summed E-state index contributed by atoms with van der Waals surface area (Å²) in [5, 5.41) is 0. The van der Waals surface area contributed by atoms with Crippen molar-refractivity contribution < 1.29 is 14.3 Å². The van der Waals surface area contributed by atoms with Gasteiger partial charge in [-0.2, -0.15) is 0 Å². The lowest BCUT2D eigenvalue weighted by atomic mass is 10.1. The van der Waals surface area contributed by atoms with E-state index < -0.39 is 0 Å². The Morgan fingerprint density at radius 1 is 1.28 bits per heavy atom. The van der Waals surface area contributed by atoms with Crippen LogP contribution in [0.25, 0.3) is 0 Å². The number of nitrogens with zero attached hydrogens (tertiary/aromatic N) is 1. The van der Waals surface area contributed by atoms with Crippen LogP contribution in [0, 0.1) is 0 Å². The molecule has 0 aromatic heterocycles. The lowest BCUT2D eigenvalue weighted by molar-refractivity contribution is -0.144. The van der Waals surface area contributed by atoms with Gasteiger partial charge in [-0.1, -0.05) is 18.2 Å². The molecule has 0 aliphatic heterocycles. The Labute approximate surface area is 107 Å². The van der Waals surface area contributed by atoms with E-state index in [0.29, 0.717) is 5.69 Å². The van der Waals surface area contributed by atoms with Crippen LogP contribution in [0.3, 0.4) is 0 Å². The maximum Gasteiger partial charge on any atom is 0.310 e. The van der Waals surface area contributed by atoms with Gasteiger partial charge in [0.25, 0.3) is 0 Å². The standard InChI is InChI=1S/C13H18N2O3/c1-15(2)12(16)7-8-18-13(17)9-10-5-3-4-6-11(10)14/h3-6H,7-9,14H2,1-2H3. The van der Waals surface area contributed by atoms with Crippen LogP contribution < -0.4 is 5.73 Å². The van der Waals surface area contributed by atoms with Crippen LogP contribution in [0.15, 0.2) is 24.3 Å². The highest BCUT2D eigenvalue weighted by Crippen LogP contribution is 2.11. The Morgan fingerprint density at radius 2 is 1.94 bits per heavy atom. The van der Waals surface area contributed by atoms with Gasteiger partial charge >= 0.3 is 5.97 Å². The van der Waals surface area contributed by atoms with Crippen molar-refractivity contribution in [2.75, 3.05) is 26.4 Å². The molecule has 5 nitrogen and oxygen atoms in total. The van der Waals surface area contributed by atoms with Crippen LogP contribution in [-0.4, -0.2) is 37.5 Å². The van der Waals surface area contributed by atoms with E-state index in [4.69, 9.17) is 10.5 Å². The minimum Gasteiger partial charge on any atom is -0.465 e. The maximum atomic E-state index is 11.5. The van der Waals surface area contributed by atoms with Crippen molar-refractivity contribution in [3.63, 3.8) is 0 Å². The second-order valence-electron chi connectivity index (χ2n) is 4.13. The molecule has 18 heavy (non-hydrogen) atoms. The van der Waals surface area contributed by atoms with Gasteiger partial charge in [0, 0.05) is 19.8 Å². The first-order chi connectivity index (χ1) is 8.50. The molecule has 0 atom stereocenters. The molecule has 0 bridgehead atoms. The van der Waals surface area contributed by atoms with E-state index in [9.17, 15) is 9.59 Å². The summed E-state index contributed by atoms with van der Waals surface area (Å²) in [5.41, 5.74) is 7.02. The number of hydrogen-bond acceptors (Lipinski definition) is 4. The fourth-order valence-corrected chi connectivity index (χ4v) is 1.38. The summed E-state index contributed by atoms with van der Waals surface area (Å²) in [6.45, 7) is 0.0998. The first kappa shape index (κ1) is 14.0. The predicted octanol–water partition coefficient (Wildman–Crippen LogP) is 0.833. The summed E-state index contributed by atoms with van der Waals surface area (Å²) >= 11 is 0. The second kappa shape index (κ2) is 6.64. The summed E-state index contributed by atoms with van der Waals surface area (Å²) < 4.78 is 4.98. The zero-order chi connectivity index (χ0) is 13.5. The Hall–Kier alpha value is -2.04. The molecule has 98 valence electrons. The molecule has 0 radical (unpaired) electrons. The molecule has 1 amide bonds. The third kappa shape index (κ3) is 4.45. The van der Waals surface area contributed by atoms with E-state index in [1.807, 2.05) is 6.07 Å². The number of carbonyl (C=O) groups is 2. The quantitative estimate of drug-likeness (QED) is 0.620. The normalized spacial score (nSPS) is 9.89. The van der Waals surface area contributed by atoms with Crippen molar-refractivity contribution in [1.82, 2.24) is 4.90 Å². The number of rotatable bonds is 5. The highest BCUT2D eigenvalue weighted by molar-refractivity contribution is 5.77. The Bertz CT molecular complexity index is 430. The molecule has 0 spiro atoms. The minimum absolute atomic E-state index is 0.0676. The van der Waals surface area contributed by atoms with Gasteiger partial charge in [0.15, 0.2) is 0 Å². The summed E-state index contributed by atoms with van der Waals surface area (Å²) in [6, 6.07) is 7.13. The largest absolute Gasteiger partial charge is 0.465 e. The molecular weight excluding hydrogens is 232 g/mol. The molecule has 0 unspecified atom stereocenters. The minimum atomic E-state index is -0.376. The Kier molecular flexibility index (Phi) is 5.17. The van der Waals surface area contributed by atoms with Crippen LogP contribution in [0.4, 0.5) is 5.69 Å². The average molecular weight is 250 g/mol. The Morgan fingerprint density at radius 3 is 2.56 bits per heavy atom. The lowest BCUT2D eigenvalue weighted by Crippen LogP contribution is -2.23. The van der Waals surface area contributed by atoms with Crippen molar-refractivity contribution in [2.45, 2.75) is 12.8 Å². The lowest BCUT2D eigenvalue weighted by Gasteiger charge is -2.10. The van der Waals surface area contributed by atoms with E-state index >= 15 is 0 Å². The van der Waals surface area contributed by atoms with Crippen LogP contribution in [-0.2, 0) is 20.7 Å². The van der Waals surface area contributed by atoms with Gasteiger partial charge in [-0.25, -0.2) is 0 Å². The number of esters is 1. The van der Waals surface area contributed by atoms with Crippen LogP contribution in [0.2, 0.25) is 0 Å². The van der Waals surface area contributed by atoms with Crippen molar-refractivity contribution >= 4 is 17.6 Å². The summed E-state index contributed by atoms with van der Waals surface area (Å²) in [6.07, 6.45) is 0.325. The van der Waals surface area contributed by atoms with E-state index in [1.54, 1.807) is 32.3 Å². The molecular formula is C13H18N2O3. The fraction of sp³-hybridized carbons (Fsp3) is 0.385. The maximum absolute atomic E-state index is 11.5. The molecule has 2 N–H and O–H groups in total. The number of para-hydroxylation sites is 1. The molecule has 0 aliphatic carbocycles. The highest BCUT2D eigenvalue weighted by atomic mass is 16.5. The van der Waals surface area contributed by atoms with E-state index in [0.717, 1.165) is 5.56 Å². The highest BCUT2D eigenvalue weighted by Gasteiger charge is 2.09. The first-order valence-electron chi connectivity index (χ1n) is 5.70. The zero-order valence-corrected chi connectivity index (χ0v) is 10.7. The van der Waals surface area contributed by atoms with Gasteiger partial charge in [-0.05, 0) is 11.6 Å².